The Morgan fingerprint density at radius 2 is 0.648 bits per heavy atom. The summed E-state index contributed by atoms with van der Waals surface area (Å²) in [6.45, 7) is 34.4. The van der Waals surface area contributed by atoms with Crippen molar-refractivity contribution >= 4 is 98.8 Å². The molecule has 1 unspecified atom stereocenters. The average molecular weight is 2240 g/mol. The number of hydrogen-bond acceptors (Lipinski definition) is 34. The number of benzene rings is 3. The molecule has 0 spiro atoms. The molecule has 5 rings (SSSR count). The second kappa shape index (κ2) is 79.8. The van der Waals surface area contributed by atoms with E-state index in [1.165, 1.54) is 25.7 Å². The molecule has 3 aromatic rings. The Morgan fingerprint density at radius 3 is 0.931 bits per heavy atom. The van der Waals surface area contributed by atoms with Crippen LogP contribution in [0.3, 0.4) is 0 Å². The first kappa shape index (κ1) is 144. The number of hydrogen-bond donors (Lipinski definition) is 20. The first-order valence-corrected chi connectivity index (χ1v) is 62.5. The zero-order chi connectivity index (χ0) is 111. The summed E-state index contributed by atoms with van der Waals surface area (Å²) in [6, 6.07) is 28.8. The van der Waals surface area contributed by atoms with Gasteiger partial charge in [0.1, 0.15) is 18.7 Å². The predicted octanol–water partition coefficient (Wildman–Crippen LogP) is 7.77. The molecule has 2 fully saturated rings. The van der Waals surface area contributed by atoms with Gasteiger partial charge < -0.3 is 82.1 Å². The average Bonchev–Trinajstić information content (AvgIpc) is 0.875. The van der Waals surface area contributed by atoms with E-state index in [4.69, 9.17) is 70.7 Å². The molecule has 0 aromatic heterocycles. The van der Waals surface area contributed by atoms with Crippen LogP contribution in [0.5, 0.6) is 0 Å². The number of rotatable bonds is 63. The molecule has 2 aliphatic rings. The van der Waals surface area contributed by atoms with E-state index in [0.29, 0.717) is 122 Å². The zero-order valence-electron chi connectivity index (χ0n) is 87.6. The Morgan fingerprint density at radius 1 is 0.359 bits per heavy atom. The molecule has 852 valence electrons. The lowest BCUT2D eigenvalue weighted by atomic mass is 9.92. The van der Waals surface area contributed by atoms with E-state index in [0.717, 1.165) is 61.6 Å². The summed E-state index contributed by atoms with van der Waals surface area (Å²) in [4.78, 5) is 35.2. The van der Waals surface area contributed by atoms with Crippen molar-refractivity contribution in [3.8, 4) is 0 Å². The topological polar surface area (TPSA) is 692 Å². The van der Waals surface area contributed by atoms with Crippen molar-refractivity contribution in [2.75, 3.05) is 125 Å². The largest absolute Gasteiger partial charge is 0.465 e. The maximum absolute atomic E-state index is 12.1. The minimum Gasteiger partial charge on any atom is -0.465 e. The third-order valence-electron chi connectivity index (χ3n) is 21.6. The van der Waals surface area contributed by atoms with Crippen molar-refractivity contribution in [1.82, 2.24) is 47.9 Å². The van der Waals surface area contributed by atoms with Crippen molar-refractivity contribution in [3.05, 3.63) is 108 Å². The number of esters is 2. The van der Waals surface area contributed by atoms with Crippen LogP contribution in [0.15, 0.2) is 91.0 Å². The molecule has 11 atom stereocenters. The van der Waals surface area contributed by atoms with Crippen molar-refractivity contribution < 1.29 is 152 Å². The number of nitrogens with one attached hydrogen (secondary N) is 9. The standard InChI is InChI=1S/2C16H25NO4S.C15H23NO5S.C12H26N2O4S.3C9H21NO4S.C8H17NO5S/c2*18-22(19,20)12-6-11-17-15-9-4-5-10-16(15)21-13-14-7-2-1-3-8-14;1-12(2)14(16-9-6-10-22(18,19)20)15(17)21-11-13-7-4-3-5-8-13;1-9(2)10(11(15)14-12(3,4)5)13-7-6-8-19(16,17)18;2*1-8(2)6-9(7-11)10-4-3-5-15(12,13)14;1-3-8(2)9(7-11)10-5-4-6-15(12,13)14;1-3-14-8(10)7(2)9-5-4-6-15(11,12)13/h2*1-3,7-8,15-17H,4-6,9-13H2,(H,18,19,20);3-5,7-8,12,14,16H,6,9-11H2,1-2H3,(H,18,19,20);9-10,13H,6-8H2,1-5H3,(H,14,15)(H,16,17,18);3*8-11H,3-7H2,1-2H3,(H,12,13,14);7,9H,3-6H2,1-2H3,(H,11,12,13)/t15-,16+;15-,16-;14-;10-;2*9-;8?,9-;7-/m10001010/s1. The molecule has 43 nitrogen and oxygen atoms in total. The molecule has 2 saturated carbocycles. The van der Waals surface area contributed by atoms with Crippen LogP contribution < -0.4 is 47.9 Å². The summed E-state index contributed by atoms with van der Waals surface area (Å²) in [7, 11) is -31.1. The van der Waals surface area contributed by atoms with E-state index in [2.05, 4.69) is 99.8 Å². The first-order chi connectivity index (χ1) is 67.3. The van der Waals surface area contributed by atoms with E-state index in [-0.39, 0.29) is 175 Å². The summed E-state index contributed by atoms with van der Waals surface area (Å²) < 4.78 is 259. The highest BCUT2D eigenvalue weighted by atomic mass is 32.2. The van der Waals surface area contributed by atoms with Crippen LogP contribution in [-0.4, -0.2) is 328 Å². The Bertz CT molecular complexity index is 4660. The molecule has 3 aromatic carbocycles. The molecule has 20 N–H and O–H groups in total. The minimum absolute atomic E-state index is 0.00334. The van der Waals surface area contributed by atoms with Gasteiger partial charge in [-0.1, -0.05) is 192 Å². The van der Waals surface area contributed by atoms with Crippen LogP contribution >= 0.6 is 0 Å². The van der Waals surface area contributed by atoms with Gasteiger partial charge in [0.05, 0.1) is 104 Å². The molecule has 0 heterocycles. The number of amides is 1. The van der Waals surface area contributed by atoms with Crippen molar-refractivity contribution in [1.29, 1.82) is 0 Å². The third kappa shape index (κ3) is 92.3. The lowest BCUT2D eigenvalue weighted by Gasteiger charge is -2.32. The van der Waals surface area contributed by atoms with Crippen molar-refractivity contribution in [3.63, 3.8) is 0 Å². The lowest BCUT2D eigenvalue weighted by Crippen LogP contribution is -2.53. The van der Waals surface area contributed by atoms with Crippen LogP contribution in [0.25, 0.3) is 0 Å². The van der Waals surface area contributed by atoms with Crippen LogP contribution in [0.2, 0.25) is 0 Å². The summed E-state index contributed by atoms with van der Waals surface area (Å²) in [6.07, 6.45) is 14.5. The Hall–Kier alpha value is -5.17. The Labute approximate surface area is 867 Å². The van der Waals surface area contributed by atoms with E-state index < -0.39 is 93.0 Å². The molecule has 0 saturated heterocycles. The summed E-state index contributed by atoms with van der Waals surface area (Å²) >= 11 is 0. The lowest BCUT2D eigenvalue weighted by molar-refractivity contribution is -0.149. The zero-order valence-corrected chi connectivity index (χ0v) is 94.1. The van der Waals surface area contributed by atoms with E-state index in [1.54, 1.807) is 13.8 Å². The van der Waals surface area contributed by atoms with Crippen molar-refractivity contribution in [2.24, 2.45) is 29.6 Å². The maximum Gasteiger partial charge on any atom is 0.323 e. The fourth-order valence-corrected chi connectivity index (χ4v) is 18.2. The molecule has 0 bridgehead atoms. The number of aliphatic hydroxyl groups excluding tert-OH is 3. The quantitative estimate of drug-likeness (QED) is 0.0146. The number of aliphatic hydroxyl groups is 3. The van der Waals surface area contributed by atoms with Gasteiger partial charge in [-0.25, -0.2) is 0 Å². The summed E-state index contributed by atoms with van der Waals surface area (Å²) in [5.41, 5.74) is 2.93. The van der Waals surface area contributed by atoms with Gasteiger partial charge in [0, 0.05) is 35.7 Å². The highest BCUT2D eigenvalue weighted by Crippen LogP contribution is 2.25. The molecule has 2 aliphatic carbocycles. The molecule has 1 amide bonds. The van der Waals surface area contributed by atoms with Crippen LogP contribution in [0, 0.1) is 29.6 Å². The van der Waals surface area contributed by atoms with Gasteiger partial charge in [-0.2, -0.15) is 67.3 Å². The fraction of sp³-hybridized carbons (Fsp3) is 0.777. The third-order valence-corrected chi connectivity index (χ3v) is 28.1. The Balaban J connectivity index is -0.00000160. The van der Waals surface area contributed by atoms with Crippen LogP contribution in [0.1, 0.15) is 243 Å². The van der Waals surface area contributed by atoms with E-state index >= 15 is 0 Å². The van der Waals surface area contributed by atoms with E-state index in [1.807, 2.05) is 129 Å². The molecule has 145 heavy (non-hydrogen) atoms. The van der Waals surface area contributed by atoms with Gasteiger partial charge in [0.15, 0.2) is 0 Å². The Kier molecular flexibility index (Phi) is 79.2. The van der Waals surface area contributed by atoms with Crippen LogP contribution in [0.4, 0.5) is 0 Å². The van der Waals surface area contributed by atoms with Gasteiger partial charge >= 0.3 is 11.9 Å². The van der Waals surface area contributed by atoms with Gasteiger partial charge in [-0.3, -0.25) is 50.8 Å². The highest BCUT2D eigenvalue weighted by Gasteiger charge is 2.30. The molecule has 0 aliphatic heterocycles. The van der Waals surface area contributed by atoms with Gasteiger partial charge in [0.25, 0.3) is 80.9 Å². The minimum atomic E-state index is -3.96. The second-order valence-corrected chi connectivity index (χ2v) is 50.7. The normalized spacial score (nSPS) is 16.8. The highest BCUT2D eigenvalue weighted by molar-refractivity contribution is 7.87. The van der Waals surface area contributed by atoms with Gasteiger partial charge in [-0.15, -0.1) is 0 Å². The molecular formula is C94H179N9O34S8. The predicted molar refractivity (Wildman–Crippen MR) is 565 cm³/mol. The SMILES string of the molecule is CC(C)C[C@@H](CO)NCCCS(=O)(=O)O.CC(C)C[C@H](CO)NCCCS(=O)(=O)O.CC(C)[C@H](NCCCS(=O)(=O)O)C(=O)NC(C)(C)C.CC(C)[C@H](NCCCS(=O)(=O)O)C(=O)OCc1ccccc1.CCC(C)[C@@H](CO)NCCCS(=O)(=O)O.CCOC(=O)[C@H](C)NCCCS(=O)(=O)O.O=S(=O)(O)CCCN[C@@H]1CCCC[C@@H]1OCc1ccccc1.O=S(=O)(O)CCCN[C@H]1CCCC[C@@H]1OCc1ccccc1. The fourth-order valence-electron chi connectivity index (χ4n) is 14.1. The first-order valence-electron chi connectivity index (χ1n) is 49.6. The number of ether oxygens (including phenoxy) is 4. The number of carbonyl (C=O) groups excluding carboxylic acids is 3. The van der Waals surface area contributed by atoms with Gasteiger partial charge in [0.2, 0.25) is 5.91 Å². The second-order valence-electron chi connectivity index (χ2n) is 38.1. The van der Waals surface area contributed by atoms with Crippen LogP contribution in [-0.2, 0) is 134 Å². The molecule has 0 radical (unpaired) electrons. The smallest absolute Gasteiger partial charge is 0.323 e. The van der Waals surface area contributed by atoms with Gasteiger partial charge in [-0.05, 0) is 223 Å². The molecular weight excluding hydrogens is 2060 g/mol. The maximum atomic E-state index is 12.1. The summed E-state index contributed by atoms with van der Waals surface area (Å²) in [5, 5.41) is 54.7. The summed E-state index contributed by atoms with van der Waals surface area (Å²) in [5.74, 6) is -1.46. The van der Waals surface area contributed by atoms with E-state index in [9.17, 15) is 81.7 Å². The van der Waals surface area contributed by atoms with Crippen molar-refractivity contribution in [2.45, 2.75) is 312 Å². The number of carbonyl (C=O) groups is 3. The monoisotopic (exact) mass is 2230 g/mol. The molecule has 51 heteroatoms.